The zero-order valence-electron chi connectivity index (χ0n) is 11.7. The van der Waals surface area contributed by atoms with Crippen LogP contribution in [0.5, 0.6) is 0 Å². The number of amides is 1. The lowest BCUT2D eigenvalue weighted by molar-refractivity contribution is 0.0943. The minimum atomic E-state index is 0.0381. The lowest BCUT2D eigenvalue weighted by atomic mass is 9.89. The van der Waals surface area contributed by atoms with Crippen molar-refractivity contribution < 1.29 is 4.79 Å². The number of hydrogen-bond acceptors (Lipinski definition) is 1. The summed E-state index contributed by atoms with van der Waals surface area (Å²) in [5.41, 5.74) is 3.14. The summed E-state index contributed by atoms with van der Waals surface area (Å²) in [4.78, 5) is 12.1. The fourth-order valence-electron chi connectivity index (χ4n) is 2.55. The Morgan fingerprint density at radius 1 is 1.21 bits per heavy atom. The largest absolute Gasteiger partial charge is 0.352 e. The standard InChI is InChI=1S/C16H22ClNO/c1-11-3-6-14(9-12(11)2)16(19)18-10-13-4-7-15(17)8-5-13/h3,6,9,13,15H,4-5,7-8,10H2,1-2H3,(H,18,19). The van der Waals surface area contributed by atoms with E-state index in [1.165, 1.54) is 5.56 Å². The first kappa shape index (κ1) is 14.4. The van der Waals surface area contributed by atoms with Gasteiger partial charge in [0.2, 0.25) is 0 Å². The Kier molecular flexibility index (Phi) is 4.87. The van der Waals surface area contributed by atoms with Gasteiger partial charge in [0.15, 0.2) is 0 Å². The first-order chi connectivity index (χ1) is 9.06. The van der Waals surface area contributed by atoms with Crippen molar-refractivity contribution in [3.63, 3.8) is 0 Å². The van der Waals surface area contributed by atoms with E-state index in [1.54, 1.807) is 0 Å². The molecule has 2 nitrogen and oxygen atoms in total. The third-order valence-electron chi connectivity index (χ3n) is 4.10. The second-order valence-electron chi connectivity index (χ2n) is 5.63. The van der Waals surface area contributed by atoms with Crippen LogP contribution in [0.1, 0.15) is 47.2 Å². The molecule has 1 aliphatic carbocycles. The minimum Gasteiger partial charge on any atom is -0.352 e. The molecule has 3 heteroatoms. The lowest BCUT2D eigenvalue weighted by Gasteiger charge is -2.25. The van der Waals surface area contributed by atoms with Crippen LogP contribution in [-0.2, 0) is 0 Å². The number of rotatable bonds is 3. The Hall–Kier alpha value is -1.02. The number of aryl methyl sites for hydroxylation is 2. The van der Waals surface area contributed by atoms with Crippen LogP contribution in [0.2, 0.25) is 0 Å². The molecule has 0 saturated heterocycles. The van der Waals surface area contributed by atoms with Crippen LogP contribution >= 0.6 is 11.6 Å². The van der Waals surface area contributed by atoms with Crippen molar-refractivity contribution in [3.8, 4) is 0 Å². The number of carbonyl (C=O) groups excluding carboxylic acids is 1. The number of carbonyl (C=O) groups is 1. The number of alkyl halides is 1. The zero-order chi connectivity index (χ0) is 13.8. The highest BCUT2D eigenvalue weighted by atomic mass is 35.5. The summed E-state index contributed by atoms with van der Waals surface area (Å²) >= 11 is 6.09. The fraction of sp³-hybridized carbons (Fsp3) is 0.562. The van der Waals surface area contributed by atoms with E-state index in [-0.39, 0.29) is 5.91 Å². The van der Waals surface area contributed by atoms with Gasteiger partial charge in [-0.15, -0.1) is 11.6 Å². The normalized spacial score (nSPS) is 23.1. The average Bonchev–Trinajstić information content (AvgIpc) is 2.41. The summed E-state index contributed by atoms with van der Waals surface area (Å²) in [5.74, 6) is 0.626. The predicted octanol–water partition coefficient (Wildman–Crippen LogP) is 3.83. The van der Waals surface area contributed by atoms with Gasteiger partial charge in [0.25, 0.3) is 5.91 Å². The van der Waals surface area contributed by atoms with E-state index in [0.717, 1.165) is 43.4 Å². The van der Waals surface area contributed by atoms with E-state index in [0.29, 0.717) is 11.3 Å². The summed E-state index contributed by atoms with van der Waals surface area (Å²) in [6.45, 7) is 4.87. The molecule has 1 aliphatic rings. The fourth-order valence-corrected chi connectivity index (χ4v) is 2.80. The van der Waals surface area contributed by atoms with Gasteiger partial charge >= 0.3 is 0 Å². The number of halogens is 1. The summed E-state index contributed by atoms with van der Waals surface area (Å²) in [6.07, 6.45) is 4.40. The highest BCUT2D eigenvalue weighted by Gasteiger charge is 2.20. The molecule has 1 aromatic rings. The molecule has 19 heavy (non-hydrogen) atoms. The maximum absolute atomic E-state index is 12.1. The maximum Gasteiger partial charge on any atom is 0.251 e. The van der Waals surface area contributed by atoms with E-state index < -0.39 is 0 Å². The molecule has 1 amide bonds. The van der Waals surface area contributed by atoms with Crippen LogP contribution in [-0.4, -0.2) is 17.8 Å². The van der Waals surface area contributed by atoms with Crippen LogP contribution in [0.25, 0.3) is 0 Å². The van der Waals surface area contributed by atoms with E-state index >= 15 is 0 Å². The van der Waals surface area contributed by atoms with Crippen molar-refractivity contribution in [3.05, 3.63) is 34.9 Å². The van der Waals surface area contributed by atoms with Crippen molar-refractivity contribution in [2.45, 2.75) is 44.9 Å². The smallest absolute Gasteiger partial charge is 0.251 e. The lowest BCUT2D eigenvalue weighted by Crippen LogP contribution is -2.31. The Bertz CT molecular complexity index is 450. The van der Waals surface area contributed by atoms with Crippen molar-refractivity contribution in [1.82, 2.24) is 5.32 Å². The summed E-state index contributed by atoms with van der Waals surface area (Å²) in [5, 5.41) is 3.39. The number of benzene rings is 1. The van der Waals surface area contributed by atoms with Gasteiger partial charge in [-0.2, -0.15) is 0 Å². The molecule has 0 bridgehead atoms. The molecule has 2 rings (SSSR count). The molecule has 104 valence electrons. The van der Waals surface area contributed by atoms with Gasteiger partial charge in [-0.1, -0.05) is 6.07 Å². The molecule has 0 heterocycles. The molecule has 0 unspecified atom stereocenters. The molecular weight excluding hydrogens is 258 g/mol. The number of hydrogen-bond donors (Lipinski definition) is 1. The van der Waals surface area contributed by atoms with E-state index in [9.17, 15) is 4.79 Å². The van der Waals surface area contributed by atoms with Crippen LogP contribution in [0.3, 0.4) is 0 Å². The van der Waals surface area contributed by atoms with Gasteiger partial charge in [0, 0.05) is 17.5 Å². The molecule has 1 aromatic carbocycles. The Morgan fingerprint density at radius 3 is 2.53 bits per heavy atom. The van der Waals surface area contributed by atoms with Gasteiger partial charge in [0.1, 0.15) is 0 Å². The van der Waals surface area contributed by atoms with Gasteiger partial charge in [-0.3, -0.25) is 4.79 Å². The van der Waals surface area contributed by atoms with Gasteiger partial charge in [-0.05, 0) is 68.7 Å². The minimum absolute atomic E-state index is 0.0381. The van der Waals surface area contributed by atoms with Crippen LogP contribution in [0.4, 0.5) is 0 Å². The molecule has 0 radical (unpaired) electrons. The first-order valence-electron chi connectivity index (χ1n) is 7.06. The summed E-state index contributed by atoms with van der Waals surface area (Å²) < 4.78 is 0. The van der Waals surface area contributed by atoms with Crippen LogP contribution in [0.15, 0.2) is 18.2 Å². The monoisotopic (exact) mass is 279 g/mol. The molecule has 0 spiro atoms. The van der Waals surface area contributed by atoms with Crippen molar-refractivity contribution >= 4 is 17.5 Å². The SMILES string of the molecule is Cc1ccc(C(=O)NCC2CCC(Cl)CC2)cc1C. The quantitative estimate of drug-likeness (QED) is 0.837. The summed E-state index contributed by atoms with van der Waals surface area (Å²) in [7, 11) is 0. The first-order valence-corrected chi connectivity index (χ1v) is 7.49. The topological polar surface area (TPSA) is 29.1 Å². The second-order valence-corrected chi connectivity index (χ2v) is 6.24. The van der Waals surface area contributed by atoms with Crippen molar-refractivity contribution in [2.75, 3.05) is 6.54 Å². The number of nitrogens with one attached hydrogen (secondary N) is 1. The third-order valence-corrected chi connectivity index (χ3v) is 4.53. The van der Waals surface area contributed by atoms with Crippen molar-refractivity contribution in [2.24, 2.45) is 5.92 Å². The Balaban J connectivity index is 1.85. The molecule has 0 aliphatic heterocycles. The third kappa shape index (κ3) is 3.97. The maximum atomic E-state index is 12.1. The molecular formula is C16H22ClNO. The van der Waals surface area contributed by atoms with E-state index in [4.69, 9.17) is 11.6 Å². The van der Waals surface area contributed by atoms with Gasteiger partial charge in [-0.25, -0.2) is 0 Å². The van der Waals surface area contributed by atoms with Crippen molar-refractivity contribution in [1.29, 1.82) is 0 Å². The zero-order valence-corrected chi connectivity index (χ0v) is 12.5. The summed E-state index contributed by atoms with van der Waals surface area (Å²) in [6, 6.07) is 5.86. The molecule has 1 N–H and O–H groups in total. The van der Waals surface area contributed by atoms with Crippen LogP contribution < -0.4 is 5.32 Å². The van der Waals surface area contributed by atoms with Crippen LogP contribution in [0, 0.1) is 19.8 Å². The van der Waals surface area contributed by atoms with E-state index in [1.807, 2.05) is 25.1 Å². The molecule has 1 saturated carbocycles. The second kappa shape index (κ2) is 6.42. The molecule has 1 fully saturated rings. The average molecular weight is 280 g/mol. The Labute approximate surface area is 120 Å². The Morgan fingerprint density at radius 2 is 1.89 bits per heavy atom. The highest BCUT2D eigenvalue weighted by molar-refractivity contribution is 6.20. The molecule has 0 aromatic heterocycles. The van der Waals surface area contributed by atoms with Gasteiger partial charge < -0.3 is 5.32 Å². The van der Waals surface area contributed by atoms with E-state index in [2.05, 4.69) is 12.2 Å². The van der Waals surface area contributed by atoms with Gasteiger partial charge in [0.05, 0.1) is 0 Å². The highest BCUT2D eigenvalue weighted by Crippen LogP contribution is 2.27. The molecule has 0 atom stereocenters. The predicted molar refractivity (Wildman–Crippen MR) is 79.8 cm³/mol.